The van der Waals surface area contributed by atoms with E-state index in [4.69, 9.17) is 9.84 Å². The Morgan fingerprint density at radius 2 is 2.27 bits per heavy atom. The van der Waals surface area contributed by atoms with Gasteiger partial charge in [0.15, 0.2) is 5.17 Å². The maximum absolute atomic E-state index is 11.6. The molecule has 0 aliphatic carbocycles. The van der Waals surface area contributed by atoms with Crippen LogP contribution in [0.25, 0.3) is 0 Å². The lowest BCUT2D eigenvalue weighted by Crippen LogP contribution is -2.26. The second-order valence-corrected chi connectivity index (χ2v) is 5.71. The van der Waals surface area contributed by atoms with Gasteiger partial charge in [0, 0.05) is 5.56 Å². The van der Waals surface area contributed by atoms with E-state index in [2.05, 4.69) is 15.5 Å². The predicted molar refractivity (Wildman–Crippen MR) is 84.4 cm³/mol. The molecule has 1 fully saturated rings. The van der Waals surface area contributed by atoms with Crippen LogP contribution in [0.3, 0.4) is 0 Å². The van der Waals surface area contributed by atoms with Crippen molar-refractivity contribution in [3.8, 4) is 5.75 Å². The molecule has 0 bridgehead atoms. The van der Waals surface area contributed by atoms with Gasteiger partial charge in [-0.25, -0.2) is 0 Å². The number of hydrogen-bond acceptors (Lipinski definition) is 6. The summed E-state index contributed by atoms with van der Waals surface area (Å²) in [6.45, 7) is 1.79. The van der Waals surface area contributed by atoms with Crippen LogP contribution in [0.15, 0.2) is 34.5 Å². The number of nitrogens with one attached hydrogen (secondary N) is 1. The van der Waals surface area contributed by atoms with Gasteiger partial charge in [-0.15, -0.1) is 5.10 Å². The van der Waals surface area contributed by atoms with Gasteiger partial charge in [-0.2, -0.15) is 5.10 Å². The minimum absolute atomic E-state index is 0.242. The van der Waals surface area contributed by atoms with Crippen molar-refractivity contribution in [3.63, 3.8) is 0 Å². The summed E-state index contributed by atoms with van der Waals surface area (Å²) in [4.78, 5) is 22.2. The fourth-order valence-corrected chi connectivity index (χ4v) is 2.68. The van der Waals surface area contributed by atoms with E-state index in [0.29, 0.717) is 16.6 Å². The topological polar surface area (TPSA) is 100 Å². The van der Waals surface area contributed by atoms with Crippen molar-refractivity contribution in [1.29, 1.82) is 0 Å². The maximum Gasteiger partial charge on any atom is 0.305 e. The molecule has 2 N–H and O–H groups in total. The average Bonchev–Trinajstić information content (AvgIpc) is 2.84. The summed E-state index contributed by atoms with van der Waals surface area (Å²) in [5, 5.41) is 18.9. The molecule has 116 valence electrons. The summed E-state index contributed by atoms with van der Waals surface area (Å²) in [6, 6.07) is 7.36. The molecule has 1 atom stereocenters. The van der Waals surface area contributed by atoms with Gasteiger partial charge in [-0.1, -0.05) is 23.9 Å². The molecule has 0 saturated carbocycles. The summed E-state index contributed by atoms with van der Waals surface area (Å²) in [7, 11) is 1.58. The Bertz CT molecular complexity index is 657. The molecule has 1 unspecified atom stereocenters. The molecule has 1 aromatic rings. The Balaban J connectivity index is 2.09. The number of rotatable bonds is 5. The number of nitrogens with zero attached hydrogens (tertiary/aromatic N) is 2. The van der Waals surface area contributed by atoms with E-state index in [0.717, 1.165) is 17.3 Å². The highest BCUT2D eigenvalue weighted by Crippen LogP contribution is 2.22. The number of ether oxygens (including phenoxy) is 1. The van der Waals surface area contributed by atoms with E-state index < -0.39 is 11.2 Å². The molecule has 1 aliphatic heterocycles. The van der Waals surface area contributed by atoms with E-state index in [-0.39, 0.29) is 12.3 Å². The molecule has 0 spiro atoms. The molecular weight excluding hydrogens is 306 g/mol. The van der Waals surface area contributed by atoms with E-state index in [1.807, 2.05) is 24.3 Å². The Kier molecular flexibility index (Phi) is 5.16. The van der Waals surface area contributed by atoms with Gasteiger partial charge < -0.3 is 15.2 Å². The standard InChI is InChI=1S/C14H15N3O4S/c1-8(9-4-3-5-10(6-9)21-2)16-17-14-15-13(20)11(22-14)7-12(18)19/h3-6,11H,7H2,1-2H3,(H,18,19)(H,15,17,20)/b16-8+. The van der Waals surface area contributed by atoms with Crippen LogP contribution in [0.5, 0.6) is 5.75 Å². The van der Waals surface area contributed by atoms with Gasteiger partial charge in [0.25, 0.3) is 0 Å². The van der Waals surface area contributed by atoms with Crippen molar-refractivity contribution in [2.45, 2.75) is 18.6 Å². The smallest absolute Gasteiger partial charge is 0.305 e. The van der Waals surface area contributed by atoms with Crippen molar-refractivity contribution in [2.75, 3.05) is 7.11 Å². The zero-order valence-electron chi connectivity index (χ0n) is 12.1. The first-order chi connectivity index (χ1) is 10.5. The van der Waals surface area contributed by atoms with Crippen LogP contribution in [-0.4, -0.2) is 40.2 Å². The third kappa shape index (κ3) is 4.08. The van der Waals surface area contributed by atoms with E-state index in [9.17, 15) is 9.59 Å². The van der Waals surface area contributed by atoms with E-state index in [1.54, 1.807) is 14.0 Å². The van der Waals surface area contributed by atoms with Gasteiger partial charge >= 0.3 is 5.97 Å². The van der Waals surface area contributed by atoms with Crippen molar-refractivity contribution in [3.05, 3.63) is 29.8 Å². The second-order valence-electron chi connectivity index (χ2n) is 4.52. The second kappa shape index (κ2) is 7.08. The van der Waals surface area contributed by atoms with Gasteiger partial charge in [0.1, 0.15) is 11.0 Å². The summed E-state index contributed by atoms with van der Waals surface area (Å²) < 4.78 is 5.14. The number of carboxylic acids is 1. The molecule has 1 aromatic carbocycles. The predicted octanol–water partition coefficient (Wildman–Crippen LogP) is 1.48. The number of thioether (sulfide) groups is 1. The third-order valence-electron chi connectivity index (χ3n) is 2.91. The summed E-state index contributed by atoms with van der Waals surface area (Å²) in [5.41, 5.74) is 1.50. The SMILES string of the molecule is COc1cccc(/C(C)=N/N=C2\NC(=O)C(CC(=O)O)S2)c1. The highest BCUT2D eigenvalue weighted by atomic mass is 32.2. The summed E-state index contributed by atoms with van der Waals surface area (Å²) >= 11 is 1.07. The molecule has 2 rings (SSSR count). The van der Waals surface area contributed by atoms with Crippen LogP contribution in [0, 0.1) is 0 Å². The number of amidine groups is 1. The monoisotopic (exact) mass is 321 g/mol. The lowest BCUT2D eigenvalue weighted by molar-refractivity contribution is -0.138. The number of amides is 1. The van der Waals surface area contributed by atoms with E-state index in [1.165, 1.54) is 0 Å². The molecule has 22 heavy (non-hydrogen) atoms. The molecule has 1 amide bonds. The zero-order chi connectivity index (χ0) is 16.1. The molecule has 1 saturated heterocycles. The van der Waals surface area contributed by atoms with Crippen LogP contribution >= 0.6 is 11.8 Å². The number of benzene rings is 1. The van der Waals surface area contributed by atoms with Crippen LogP contribution in [-0.2, 0) is 9.59 Å². The van der Waals surface area contributed by atoms with Crippen molar-refractivity contribution < 1.29 is 19.4 Å². The highest BCUT2D eigenvalue weighted by Gasteiger charge is 2.32. The Morgan fingerprint density at radius 3 is 2.95 bits per heavy atom. The number of carbonyl (C=O) groups excluding carboxylic acids is 1. The van der Waals surface area contributed by atoms with E-state index >= 15 is 0 Å². The van der Waals surface area contributed by atoms with Crippen LogP contribution in [0.2, 0.25) is 0 Å². The first-order valence-electron chi connectivity index (χ1n) is 6.45. The third-order valence-corrected chi connectivity index (χ3v) is 3.99. The lowest BCUT2D eigenvalue weighted by Gasteiger charge is -2.02. The fourth-order valence-electron chi connectivity index (χ4n) is 1.77. The first-order valence-corrected chi connectivity index (χ1v) is 7.33. The van der Waals surface area contributed by atoms with Crippen LogP contribution < -0.4 is 10.1 Å². The summed E-state index contributed by atoms with van der Waals surface area (Å²) in [5.74, 6) is -0.671. The number of aliphatic carboxylic acids is 1. The van der Waals surface area contributed by atoms with Crippen molar-refractivity contribution >= 4 is 34.5 Å². The maximum atomic E-state index is 11.6. The Morgan fingerprint density at radius 1 is 1.50 bits per heavy atom. The Labute approximate surface area is 131 Å². The largest absolute Gasteiger partial charge is 0.497 e. The highest BCUT2D eigenvalue weighted by molar-refractivity contribution is 8.15. The molecule has 1 heterocycles. The minimum Gasteiger partial charge on any atom is -0.497 e. The van der Waals surface area contributed by atoms with Crippen LogP contribution in [0.4, 0.5) is 0 Å². The fraction of sp³-hybridized carbons (Fsp3) is 0.286. The normalized spacial score (nSPS) is 20.1. The lowest BCUT2D eigenvalue weighted by atomic mass is 10.1. The molecular formula is C14H15N3O4S. The molecule has 0 aromatic heterocycles. The van der Waals surface area contributed by atoms with Crippen molar-refractivity contribution in [2.24, 2.45) is 10.2 Å². The minimum atomic E-state index is -1.02. The molecule has 1 aliphatic rings. The summed E-state index contributed by atoms with van der Waals surface area (Å²) in [6.07, 6.45) is -0.242. The van der Waals surface area contributed by atoms with Crippen molar-refractivity contribution in [1.82, 2.24) is 5.32 Å². The van der Waals surface area contributed by atoms with Gasteiger partial charge in [0.05, 0.1) is 19.2 Å². The quantitative estimate of drug-likeness (QED) is 0.632. The molecule has 8 heteroatoms. The van der Waals surface area contributed by atoms with Gasteiger partial charge in [-0.05, 0) is 19.1 Å². The zero-order valence-corrected chi connectivity index (χ0v) is 12.9. The van der Waals surface area contributed by atoms with Crippen LogP contribution in [0.1, 0.15) is 18.9 Å². The average molecular weight is 321 g/mol. The number of hydrogen-bond donors (Lipinski definition) is 2. The number of carboxylic acid groups (broad SMARTS) is 1. The molecule has 0 radical (unpaired) electrons. The van der Waals surface area contributed by atoms with Gasteiger partial charge in [0.2, 0.25) is 5.91 Å². The molecule has 7 nitrogen and oxygen atoms in total. The number of carbonyl (C=O) groups is 2. The van der Waals surface area contributed by atoms with Gasteiger partial charge in [-0.3, -0.25) is 9.59 Å². The Hall–Kier alpha value is -2.35. The number of methoxy groups -OCH3 is 1. The first kappa shape index (κ1) is 16.0.